The average Bonchev–Trinajstić information content (AvgIpc) is 2.68. The normalized spacial score (nSPS) is 18.2. The van der Waals surface area contributed by atoms with Gasteiger partial charge in [-0.2, -0.15) is 0 Å². The Hall–Kier alpha value is -1.24. The molecule has 0 aliphatic carbocycles. The SMILES string of the molecule is C=C1CCc2cc(CC)cc3c2N1CC3. The largest absolute Gasteiger partial charge is 0.345 e. The van der Waals surface area contributed by atoms with Crippen molar-refractivity contribution >= 4 is 5.69 Å². The molecule has 0 atom stereocenters. The van der Waals surface area contributed by atoms with E-state index in [2.05, 4.69) is 30.5 Å². The van der Waals surface area contributed by atoms with Crippen molar-refractivity contribution in [2.45, 2.75) is 32.6 Å². The molecule has 1 aromatic carbocycles. The molecule has 0 saturated heterocycles. The van der Waals surface area contributed by atoms with Gasteiger partial charge in [0.05, 0.1) is 0 Å². The van der Waals surface area contributed by atoms with Gasteiger partial charge in [-0.05, 0) is 42.4 Å². The topological polar surface area (TPSA) is 3.24 Å². The molecule has 0 fully saturated rings. The molecule has 0 aromatic heterocycles. The number of allylic oxidation sites excluding steroid dienone is 1. The number of nitrogens with zero attached hydrogens (tertiary/aromatic N) is 1. The van der Waals surface area contributed by atoms with Crippen LogP contribution in [-0.2, 0) is 19.3 Å². The summed E-state index contributed by atoms with van der Waals surface area (Å²) in [4.78, 5) is 2.42. The summed E-state index contributed by atoms with van der Waals surface area (Å²) >= 11 is 0. The van der Waals surface area contributed by atoms with Crippen molar-refractivity contribution in [3.05, 3.63) is 41.1 Å². The van der Waals surface area contributed by atoms with Crippen LogP contribution in [0.1, 0.15) is 30.0 Å². The van der Waals surface area contributed by atoms with Crippen molar-refractivity contribution < 1.29 is 0 Å². The van der Waals surface area contributed by atoms with Crippen LogP contribution in [-0.4, -0.2) is 6.54 Å². The summed E-state index contributed by atoms with van der Waals surface area (Å²) < 4.78 is 0. The molecular weight excluding hydrogens is 182 g/mol. The van der Waals surface area contributed by atoms with Crippen LogP contribution in [0.4, 0.5) is 5.69 Å². The van der Waals surface area contributed by atoms with Crippen molar-refractivity contribution in [2.75, 3.05) is 11.4 Å². The van der Waals surface area contributed by atoms with Gasteiger partial charge < -0.3 is 4.90 Å². The molecule has 1 aromatic rings. The third-order valence-corrected chi connectivity index (χ3v) is 3.68. The maximum Gasteiger partial charge on any atom is 0.0474 e. The van der Waals surface area contributed by atoms with Crippen LogP contribution in [0, 0.1) is 0 Å². The minimum absolute atomic E-state index is 1.14. The van der Waals surface area contributed by atoms with Gasteiger partial charge in [-0.3, -0.25) is 0 Å². The molecular formula is C14H17N. The molecule has 0 unspecified atom stereocenters. The smallest absolute Gasteiger partial charge is 0.0474 e. The summed E-state index contributed by atoms with van der Waals surface area (Å²) in [6.07, 6.45) is 4.68. The number of rotatable bonds is 1. The maximum atomic E-state index is 4.17. The lowest BCUT2D eigenvalue weighted by molar-refractivity contribution is 0.814. The fraction of sp³-hybridized carbons (Fsp3) is 0.429. The molecule has 1 heteroatoms. The minimum Gasteiger partial charge on any atom is -0.345 e. The lowest BCUT2D eigenvalue weighted by Crippen LogP contribution is -2.23. The standard InChI is InChI=1S/C14H17N/c1-3-11-8-12-5-4-10(2)15-7-6-13(9-11)14(12)15/h8-9H,2-7H2,1H3. The molecule has 15 heavy (non-hydrogen) atoms. The first-order chi connectivity index (χ1) is 7.29. The highest BCUT2D eigenvalue weighted by atomic mass is 15.2. The molecule has 2 aliphatic rings. The zero-order chi connectivity index (χ0) is 10.4. The van der Waals surface area contributed by atoms with Gasteiger partial charge in [-0.15, -0.1) is 0 Å². The van der Waals surface area contributed by atoms with Crippen molar-refractivity contribution in [1.82, 2.24) is 0 Å². The highest BCUT2D eigenvalue weighted by Gasteiger charge is 2.27. The Labute approximate surface area is 91.4 Å². The van der Waals surface area contributed by atoms with E-state index in [1.165, 1.54) is 29.8 Å². The van der Waals surface area contributed by atoms with Crippen molar-refractivity contribution in [1.29, 1.82) is 0 Å². The Morgan fingerprint density at radius 1 is 1.20 bits per heavy atom. The van der Waals surface area contributed by atoms with Crippen LogP contribution in [0.3, 0.4) is 0 Å². The minimum atomic E-state index is 1.14. The van der Waals surface area contributed by atoms with Crippen molar-refractivity contribution in [3.63, 3.8) is 0 Å². The fourth-order valence-electron chi connectivity index (χ4n) is 2.84. The van der Waals surface area contributed by atoms with Gasteiger partial charge in [-0.1, -0.05) is 25.6 Å². The van der Waals surface area contributed by atoms with Crippen LogP contribution in [0.25, 0.3) is 0 Å². The first-order valence-electron chi connectivity index (χ1n) is 5.89. The van der Waals surface area contributed by atoms with E-state index in [1.807, 2.05) is 0 Å². The second-order valence-corrected chi connectivity index (χ2v) is 4.58. The summed E-state index contributed by atoms with van der Waals surface area (Å²) in [5, 5.41) is 0. The van der Waals surface area contributed by atoms with Gasteiger partial charge in [0.25, 0.3) is 0 Å². The molecule has 0 amide bonds. The van der Waals surface area contributed by atoms with E-state index in [-0.39, 0.29) is 0 Å². The van der Waals surface area contributed by atoms with E-state index in [4.69, 9.17) is 0 Å². The third kappa shape index (κ3) is 1.22. The van der Waals surface area contributed by atoms with E-state index >= 15 is 0 Å². The van der Waals surface area contributed by atoms with E-state index in [1.54, 1.807) is 11.1 Å². The predicted molar refractivity (Wildman–Crippen MR) is 64.3 cm³/mol. The second kappa shape index (κ2) is 3.13. The second-order valence-electron chi connectivity index (χ2n) is 4.58. The van der Waals surface area contributed by atoms with Gasteiger partial charge in [0.1, 0.15) is 0 Å². The number of anilines is 1. The molecule has 1 nitrogen and oxygen atoms in total. The van der Waals surface area contributed by atoms with Gasteiger partial charge in [0, 0.05) is 17.9 Å². The van der Waals surface area contributed by atoms with Gasteiger partial charge >= 0.3 is 0 Å². The molecule has 0 N–H and O–H groups in total. The maximum absolute atomic E-state index is 4.17. The quantitative estimate of drug-likeness (QED) is 0.672. The summed E-state index contributed by atoms with van der Waals surface area (Å²) in [6, 6.07) is 4.78. The zero-order valence-electron chi connectivity index (χ0n) is 9.34. The van der Waals surface area contributed by atoms with Gasteiger partial charge in [0.15, 0.2) is 0 Å². The van der Waals surface area contributed by atoms with Crippen LogP contribution in [0.5, 0.6) is 0 Å². The Morgan fingerprint density at radius 2 is 1.93 bits per heavy atom. The Balaban J connectivity index is 2.18. The van der Waals surface area contributed by atoms with E-state index < -0.39 is 0 Å². The lowest BCUT2D eigenvalue weighted by Gasteiger charge is -2.29. The first kappa shape index (κ1) is 9.02. The lowest BCUT2D eigenvalue weighted by atomic mass is 9.95. The van der Waals surface area contributed by atoms with Crippen LogP contribution >= 0.6 is 0 Å². The molecule has 0 spiro atoms. The highest BCUT2D eigenvalue weighted by Crippen LogP contribution is 2.40. The number of hydrogen-bond donors (Lipinski definition) is 0. The monoisotopic (exact) mass is 199 g/mol. The molecule has 0 radical (unpaired) electrons. The summed E-state index contributed by atoms with van der Waals surface area (Å²) in [5.41, 5.74) is 7.39. The Bertz CT molecular complexity index is 431. The fourth-order valence-corrected chi connectivity index (χ4v) is 2.84. The van der Waals surface area contributed by atoms with E-state index in [0.29, 0.717) is 0 Å². The number of benzene rings is 1. The molecule has 2 heterocycles. The summed E-state index contributed by atoms with van der Waals surface area (Å²) in [7, 11) is 0. The summed E-state index contributed by atoms with van der Waals surface area (Å²) in [6.45, 7) is 7.55. The molecule has 3 rings (SSSR count). The average molecular weight is 199 g/mol. The molecule has 0 bridgehead atoms. The predicted octanol–water partition coefficient (Wildman–Crippen LogP) is 3.07. The Kier molecular flexibility index (Phi) is 1.88. The first-order valence-corrected chi connectivity index (χ1v) is 5.89. The molecule has 0 saturated carbocycles. The third-order valence-electron chi connectivity index (χ3n) is 3.68. The molecule has 2 aliphatic heterocycles. The van der Waals surface area contributed by atoms with Crippen LogP contribution in [0.15, 0.2) is 24.4 Å². The Morgan fingerprint density at radius 3 is 2.67 bits per heavy atom. The van der Waals surface area contributed by atoms with Gasteiger partial charge in [0.2, 0.25) is 0 Å². The van der Waals surface area contributed by atoms with Crippen LogP contribution in [0.2, 0.25) is 0 Å². The van der Waals surface area contributed by atoms with Crippen LogP contribution < -0.4 is 4.90 Å². The number of aryl methyl sites for hydroxylation is 2. The van der Waals surface area contributed by atoms with Crippen molar-refractivity contribution in [2.24, 2.45) is 0 Å². The molecule has 78 valence electrons. The van der Waals surface area contributed by atoms with Crippen molar-refractivity contribution in [3.8, 4) is 0 Å². The zero-order valence-corrected chi connectivity index (χ0v) is 9.34. The van der Waals surface area contributed by atoms with E-state index in [9.17, 15) is 0 Å². The van der Waals surface area contributed by atoms with Gasteiger partial charge in [-0.25, -0.2) is 0 Å². The summed E-state index contributed by atoms with van der Waals surface area (Å²) in [5.74, 6) is 0. The number of hydrogen-bond acceptors (Lipinski definition) is 1. The van der Waals surface area contributed by atoms with E-state index in [0.717, 1.165) is 19.4 Å². The highest BCUT2D eigenvalue weighted by molar-refractivity contribution is 5.69.